The van der Waals surface area contributed by atoms with Gasteiger partial charge in [-0.05, 0) is 49.8 Å². The highest BCUT2D eigenvalue weighted by atomic mass is 16.4. The fourth-order valence-corrected chi connectivity index (χ4v) is 3.16. The van der Waals surface area contributed by atoms with E-state index in [0.29, 0.717) is 44.3 Å². The van der Waals surface area contributed by atoms with Crippen molar-refractivity contribution in [2.75, 3.05) is 6.54 Å². The number of urea groups is 1. The van der Waals surface area contributed by atoms with Gasteiger partial charge in [-0.15, -0.1) is 0 Å². The first-order chi connectivity index (χ1) is 13.0. The number of unbranched alkanes of at least 4 members (excludes halogenated alkanes) is 1. The monoisotopic (exact) mass is 375 g/mol. The standard InChI is InChI=1S/C20H29N3O4/c1-2-3-12-21-18(24)15-6-4-14(5-7-15)13-22-20(27)23-17-10-8-16(9-11-17)19(25)26/h4-7,16-17H,2-3,8-13H2,1H3,(H,21,24)(H,25,26)(H2,22,23,27). The highest BCUT2D eigenvalue weighted by Crippen LogP contribution is 2.24. The lowest BCUT2D eigenvalue weighted by Crippen LogP contribution is -2.43. The van der Waals surface area contributed by atoms with E-state index in [1.807, 2.05) is 12.1 Å². The summed E-state index contributed by atoms with van der Waals surface area (Å²) in [5.74, 6) is -1.12. The molecule has 0 atom stereocenters. The topological polar surface area (TPSA) is 108 Å². The van der Waals surface area contributed by atoms with Crippen LogP contribution in [-0.2, 0) is 11.3 Å². The van der Waals surface area contributed by atoms with Gasteiger partial charge in [0.25, 0.3) is 5.91 Å². The summed E-state index contributed by atoms with van der Waals surface area (Å²) in [5, 5.41) is 17.6. The Bertz CT molecular complexity index is 637. The zero-order valence-electron chi connectivity index (χ0n) is 15.8. The number of rotatable bonds is 8. The predicted molar refractivity (Wildman–Crippen MR) is 102 cm³/mol. The second-order valence-corrected chi connectivity index (χ2v) is 7.02. The first-order valence-corrected chi connectivity index (χ1v) is 9.64. The van der Waals surface area contributed by atoms with Crippen LogP contribution in [0.2, 0.25) is 0 Å². The number of carbonyl (C=O) groups excluding carboxylic acids is 2. The number of aliphatic carboxylic acids is 1. The van der Waals surface area contributed by atoms with Crippen LogP contribution in [0.15, 0.2) is 24.3 Å². The number of nitrogens with one attached hydrogen (secondary N) is 3. The average molecular weight is 375 g/mol. The average Bonchev–Trinajstić information content (AvgIpc) is 2.67. The molecular weight excluding hydrogens is 346 g/mol. The minimum Gasteiger partial charge on any atom is -0.481 e. The summed E-state index contributed by atoms with van der Waals surface area (Å²) >= 11 is 0. The molecule has 7 heteroatoms. The number of carboxylic acids is 1. The molecule has 1 aromatic rings. The number of hydrogen-bond donors (Lipinski definition) is 4. The molecule has 1 aliphatic rings. The van der Waals surface area contributed by atoms with Gasteiger partial charge in [0, 0.05) is 24.7 Å². The fraction of sp³-hybridized carbons (Fsp3) is 0.550. The van der Waals surface area contributed by atoms with Gasteiger partial charge in [-0.3, -0.25) is 9.59 Å². The molecule has 1 aromatic carbocycles. The number of carboxylic acid groups (broad SMARTS) is 1. The lowest BCUT2D eigenvalue weighted by Gasteiger charge is -2.26. The SMILES string of the molecule is CCCCNC(=O)c1ccc(CNC(=O)NC2CCC(C(=O)O)CC2)cc1. The van der Waals surface area contributed by atoms with Crippen molar-refractivity contribution in [3.8, 4) is 0 Å². The molecule has 0 bridgehead atoms. The Hall–Kier alpha value is -2.57. The van der Waals surface area contributed by atoms with Gasteiger partial charge in [0.1, 0.15) is 0 Å². The van der Waals surface area contributed by atoms with Crippen molar-refractivity contribution in [2.45, 2.75) is 58.0 Å². The summed E-state index contributed by atoms with van der Waals surface area (Å²) in [4.78, 5) is 34.9. The van der Waals surface area contributed by atoms with Gasteiger partial charge in [-0.1, -0.05) is 25.5 Å². The summed E-state index contributed by atoms with van der Waals surface area (Å²) in [6.45, 7) is 3.12. The van der Waals surface area contributed by atoms with Crippen LogP contribution >= 0.6 is 0 Å². The van der Waals surface area contributed by atoms with Crippen molar-refractivity contribution < 1.29 is 19.5 Å². The predicted octanol–water partition coefficient (Wildman–Crippen LogP) is 2.66. The first kappa shape index (κ1) is 20.7. The Kier molecular flexibility index (Phi) is 8.10. The Morgan fingerprint density at radius 3 is 2.30 bits per heavy atom. The van der Waals surface area contributed by atoms with Crippen LogP contribution in [0.3, 0.4) is 0 Å². The Balaban J connectivity index is 1.71. The molecule has 4 N–H and O–H groups in total. The van der Waals surface area contributed by atoms with Crippen LogP contribution in [0.25, 0.3) is 0 Å². The molecule has 0 unspecified atom stereocenters. The van der Waals surface area contributed by atoms with Gasteiger partial charge in [-0.25, -0.2) is 4.79 Å². The van der Waals surface area contributed by atoms with Gasteiger partial charge < -0.3 is 21.1 Å². The van der Waals surface area contributed by atoms with Crippen LogP contribution in [0, 0.1) is 5.92 Å². The van der Waals surface area contributed by atoms with E-state index in [1.165, 1.54) is 0 Å². The number of benzene rings is 1. The minimum absolute atomic E-state index is 0.0230. The molecule has 0 saturated heterocycles. The molecule has 7 nitrogen and oxygen atoms in total. The molecule has 0 radical (unpaired) electrons. The smallest absolute Gasteiger partial charge is 0.315 e. The van der Waals surface area contributed by atoms with Crippen molar-refractivity contribution in [1.82, 2.24) is 16.0 Å². The molecule has 2 rings (SSSR count). The third kappa shape index (κ3) is 6.92. The molecule has 1 fully saturated rings. The second kappa shape index (κ2) is 10.5. The third-order valence-corrected chi connectivity index (χ3v) is 4.90. The van der Waals surface area contributed by atoms with E-state index in [1.54, 1.807) is 12.1 Å². The van der Waals surface area contributed by atoms with E-state index in [2.05, 4.69) is 22.9 Å². The van der Waals surface area contributed by atoms with Gasteiger partial charge in [-0.2, -0.15) is 0 Å². The zero-order valence-corrected chi connectivity index (χ0v) is 15.8. The van der Waals surface area contributed by atoms with Crippen molar-refractivity contribution in [3.63, 3.8) is 0 Å². The Labute approximate surface area is 159 Å². The van der Waals surface area contributed by atoms with E-state index in [0.717, 1.165) is 18.4 Å². The molecule has 1 aliphatic carbocycles. The Morgan fingerprint density at radius 1 is 1.04 bits per heavy atom. The van der Waals surface area contributed by atoms with Gasteiger partial charge in [0.15, 0.2) is 0 Å². The molecule has 0 aromatic heterocycles. The Morgan fingerprint density at radius 2 is 1.70 bits per heavy atom. The normalized spacial score (nSPS) is 19.1. The van der Waals surface area contributed by atoms with Gasteiger partial charge in [0.05, 0.1) is 5.92 Å². The van der Waals surface area contributed by atoms with Crippen molar-refractivity contribution in [1.29, 1.82) is 0 Å². The molecule has 148 valence electrons. The summed E-state index contributed by atoms with van der Waals surface area (Å²) in [6.07, 6.45) is 4.57. The van der Waals surface area contributed by atoms with Gasteiger partial charge >= 0.3 is 12.0 Å². The quantitative estimate of drug-likeness (QED) is 0.524. The van der Waals surface area contributed by atoms with Crippen molar-refractivity contribution >= 4 is 17.9 Å². The van der Waals surface area contributed by atoms with E-state index in [9.17, 15) is 14.4 Å². The summed E-state index contributed by atoms with van der Waals surface area (Å²) < 4.78 is 0. The first-order valence-electron chi connectivity index (χ1n) is 9.64. The summed E-state index contributed by atoms with van der Waals surface area (Å²) in [7, 11) is 0. The molecule has 0 heterocycles. The minimum atomic E-state index is -0.750. The lowest BCUT2D eigenvalue weighted by molar-refractivity contribution is -0.142. The van der Waals surface area contributed by atoms with Crippen LogP contribution in [-0.4, -0.2) is 35.6 Å². The molecule has 3 amide bonds. The van der Waals surface area contributed by atoms with Gasteiger partial charge in [0.2, 0.25) is 0 Å². The van der Waals surface area contributed by atoms with E-state index in [4.69, 9.17) is 5.11 Å². The van der Waals surface area contributed by atoms with Crippen molar-refractivity contribution in [3.05, 3.63) is 35.4 Å². The maximum Gasteiger partial charge on any atom is 0.315 e. The van der Waals surface area contributed by atoms with E-state index in [-0.39, 0.29) is 23.9 Å². The van der Waals surface area contributed by atoms with Crippen molar-refractivity contribution in [2.24, 2.45) is 5.92 Å². The highest BCUT2D eigenvalue weighted by Gasteiger charge is 2.26. The molecule has 0 aliphatic heterocycles. The molecule has 0 spiro atoms. The van der Waals surface area contributed by atoms with E-state index < -0.39 is 5.97 Å². The van der Waals surface area contributed by atoms with Crippen LogP contribution < -0.4 is 16.0 Å². The maximum absolute atomic E-state index is 12.0. The zero-order chi connectivity index (χ0) is 19.6. The molecular formula is C20H29N3O4. The lowest BCUT2D eigenvalue weighted by atomic mass is 9.86. The molecule has 1 saturated carbocycles. The van der Waals surface area contributed by atoms with E-state index >= 15 is 0 Å². The maximum atomic E-state index is 12.0. The van der Waals surface area contributed by atoms with Crippen LogP contribution in [0.4, 0.5) is 4.79 Å². The van der Waals surface area contributed by atoms with Crippen LogP contribution in [0.1, 0.15) is 61.4 Å². The fourth-order valence-electron chi connectivity index (χ4n) is 3.16. The highest BCUT2D eigenvalue weighted by molar-refractivity contribution is 5.94. The second-order valence-electron chi connectivity index (χ2n) is 7.02. The third-order valence-electron chi connectivity index (χ3n) is 4.90. The summed E-state index contributed by atoms with van der Waals surface area (Å²) in [5.41, 5.74) is 1.51. The number of hydrogen-bond acceptors (Lipinski definition) is 3. The largest absolute Gasteiger partial charge is 0.481 e. The summed E-state index contributed by atoms with van der Waals surface area (Å²) in [6, 6.07) is 6.93. The number of carbonyl (C=O) groups is 3. The molecule has 27 heavy (non-hydrogen) atoms. The number of amides is 3. The van der Waals surface area contributed by atoms with Crippen LogP contribution in [0.5, 0.6) is 0 Å².